The van der Waals surface area contributed by atoms with Gasteiger partial charge in [0, 0.05) is 5.56 Å². The molecule has 1 fully saturated rings. The minimum atomic E-state index is -0.100. The maximum absolute atomic E-state index is 12.4. The minimum absolute atomic E-state index is 0.0429. The topological polar surface area (TPSA) is 77.6 Å². The van der Waals surface area contributed by atoms with Crippen molar-refractivity contribution in [3.05, 3.63) is 52.9 Å². The molecule has 1 aromatic carbocycles. The molecule has 3 rings (SSSR count). The summed E-state index contributed by atoms with van der Waals surface area (Å²) in [5.74, 6) is -0.0573. The van der Waals surface area contributed by atoms with E-state index in [1.54, 1.807) is 11.4 Å². The Morgan fingerprint density at radius 2 is 1.92 bits per heavy atom. The third-order valence-corrected chi connectivity index (χ3v) is 5.06. The molecule has 0 atom stereocenters. The third kappa shape index (κ3) is 4.24. The van der Waals surface area contributed by atoms with Crippen molar-refractivity contribution in [3.8, 4) is 6.07 Å². The second kappa shape index (κ2) is 7.92. The molecule has 1 aliphatic rings. The number of rotatable bonds is 4. The van der Waals surface area contributed by atoms with Crippen molar-refractivity contribution in [1.29, 1.82) is 5.26 Å². The van der Waals surface area contributed by atoms with Gasteiger partial charge in [-0.25, -0.2) is 0 Å². The van der Waals surface area contributed by atoms with E-state index in [1.807, 2.05) is 35.2 Å². The molecule has 0 unspecified atom stereocenters. The van der Waals surface area contributed by atoms with E-state index in [1.165, 1.54) is 11.3 Å². The van der Waals surface area contributed by atoms with Gasteiger partial charge >= 0.3 is 0 Å². The maximum Gasteiger partial charge on any atom is 0.280 e. The summed E-state index contributed by atoms with van der Waals surface area (Å²) in [6.07, 6.45) is 0. The summed E-state index contributed by atoms with van der Waals surface area (Å²) in [5, 5.41) is 14.2. The SMILES string of the molecule is N#Cc1ccsc1NC(=O)C[NH+]1CCN(C(=O)c2ccccc2)CC1. The van der Waals surface area contributed by atoms with Crippen LogP contribution in [0.4, 0.5) is 5.00 Å². The van der Waals surface area contributed by atoms with Gasteiger partial charge in [-0.1, -0.05) is 18.2 Å². The van der Waals surface area contributed by atoms with Crippen molar-refractivity contribution in [3.63, 3.8) is 0 Å². The Bertz CT molecular complexity index is 789. The fraction of sp³-hybridized carbons (Fsp3) is 0.278. The lowest BCUT2D eigenvalue weighted by atomic mass is 10.2. The molecule has 6 nitrogen and oxygen atoms in total. The summed E-state index contributed by atoms with van der Waals surface area (Å²) in [6.45, 7) is 3.09. The summed E-state index contributed by atoms with van der Waals surface area (Å²) < 4.78 is 0. The molecule has 25 heavy (non-hydrogen) atoms. The zero-order chi connectivity index (χ0) is 17.6. The molecule has 2 heterocycles. The van der Waals surface area contributed by atoms with Gasteiger partial charge in [0.1, 0.15) is 11.1 Å². The summed E-state index contributed by atoms with van der Waals surface area (Å²) >= 11 is 1.35. The Morgan fingerprint density at radius 1 is 1.20 bits per heavy atom. The molecule has 0 saturated carbocycles. The maximum atomic E-state index is 12.4. The van der Waals surface area contributed by atoms with Crippen LogP contribution in [0.15, 0.2) is 41.8 Å². The first-order valence-electron chi connectivity index (χ1n) is 8.12. The van der Waals surface area contributed by atoms with Gasteiger partial charge in [-0.05, 0) is 23.6 Å². The lowest BCUT2D eigenvalue weighted by Crippen LogP contribution is -3.15. The van der Waals surface area contributed by atoms with Gasteiger partial charge in [-0.2, -0.15) is 5.26 Å². The van der Waals surface area contributed by atoms with Gasteiger partial charge in [-0.15, -0.1) is 11.3 Å². The number of carbonyl (C=O) groups excluding carboxylic acids is 2. The number of piperazine rings is 1. The number of hydrogen-bond acceptors (Lipinski definition) is 4. The highest BCUT2D eigenvalue weighted by molar-refractivity contribution is 7.14. The monoisotopic (exact) mass is 355 g/mol. The van der Waals surface area contributed by atoms with Gasteiger partial charge < -0.3 is 15.1 Å². The Morgan fingerprint density at radius 3 is 2.60 bits per heavy atom. The smallest absolute Gasteiger partial charge is 0.280 e. The Labute approximate surface area is 150 Å². The Kier molecular flexibility index (Phi) is 5.43. The molecule has 7 heteroatoms. The van der Waals surface area contributed by atoms with Crippen LogP contribution in [0.1, 0.15) is 15.9 Å². The summed E-state index contributed by atoms with van der Waals surface area (Å²) in [7, 11) is 0. The highest BCUT2D eigenvalue weighted by Gasteiger charge is 2.26. The fourth-order valence-electron chi connectivity index (χ4n) is 2.86. The number of quaternary nitrogens is 1. The molecule has 1 aliphatic heterocycles. The predicted octanol–water partition coefficient (Wildman–Crippen LogP) is 0.599. The predicted molar refractivity (Wildman–Crippen MR) is 95.6 cm³/mol. The van der Waals surface area contributed by atoms with E-state index < -0.39 is 0 Å². The largest absolute Gasteiger partial charge is 0.327 e. The van der Waals surface area contributed by atoms with Gasteiger partial charge in [0.2, 0.25) is 0 Å². The lowest BCUT2D eigenvalue weighted by molar-refractivity contribution is -0.895. The molecular formula is C18H19N4O2S+. The van der Waals surface area contributed by atoms with Crippen molar-refractivity contribution in [2.45, 2.75) is 0 Å². The number of anilines is 1. The van der Waals surface area contributed by atoms with E-state index >= 15 is 0 Å². The van der Waals surface area contributed by atoms with Crippen LogP contribution in [0.2, 0.25) is 0 Å². The third-order valence-electron chi connectivity index (χ3n) is 4.23. The highest BCUT2D eigenvalue weighted by atomic mass is 32.1. The zero-order valence-electron chi connectivity index (χ0n) is 13.7. The molecule has 1 saturated heterocycles. The van der Waals surface area contributed by atoms with Crippen molar-refractivity contribution in [1.82, 2.24) is 4.90 Å². The molecule has 0 radical (unpaired) electrons. The van der Waals surface area contributed by atoms with Crippen LogP contribution >= 0.6 is 11.3 Å². The number of nitrogens with zero attached hydrogens (tertiary/aromatic N) is 2. The summed E-state index contributed by atoms with van der Waals surface area (Å²) in [6, 6.07) is 13.0. The second-order valence-corrected chi connectivity index (χ2v) is 6.82. The second-order valence-electron chi connectivity index (χ2n) is 5.91. The first-order valence-corrected chi connectivity index (χ1v) is 9.00. The quantitative estimate of drug-likeness (QED) is 0.843. The van der Waals surface area contributed by atoms with Crippen LogP contribution < -0.4 is 10.2 Å². The molecule has 2 amide bonds. The number of carbonyl (C=O) groups is 2. The molecule has 2 aromatic rings. The lowest BCUT2D eigenvalue weighted by Gasteiger charge is -2.31. The number of benzene rings is 1. The minimum Gasteiger partial charge on any atom is -0.327 e. The summed E-state index contributed by atoms with van der Waals surface area (Å²) in [4.78, 5) is 27.6. The van der Waals surface area contributed by atoms with Crippen LogP contribution in [0.3, 0.4) is 0 Å². The first-order chi connectivity index (χ1) is 12.2. The van der Waals surface area contributed by atoms with E-state index in [0.29, 0.717) is 35.8 Å². The number of nitriles is 1. The van der Waals surface area contributed by atoms with E-state index in [4.69, 9.17) is 5.26 Å². The van der Waals surface area contributed by atoms with E-state index in [0.717, 1.165) is 18.0 Å². The Hall–Kier alpha value is -2.69. The van der Waals surface area contributed by atoms with Gasteiger partial charge in [-0.3, -0.25) is 9.59 Å². The number of hydrogen-bond donors (Lipinski definition) is 2. The van der Waals surface area contributed by atoms with Crippen molar-refractivity contribution in [2.24, 2.45) is 0 Å². The molecule has 0 aliphatic carbocycles. The van der Waals surface area contributed by atoms with E-state index in [2.05, 4.69) is 11.4 Å². The zero-order valence-corrected chi connectivity index (χ0v) is 14.5. The number of amides is 2. The van der Waals surface area contributed by atoms with Crippen LogP contribution in [0.5, 0.6) is 0 Å². The van der Waals surface area contributed by atoms with Crippen LogP contribution in [-0.2, 0) is 4.79 Å². The fourth-order valence-corrected chi connectivity index (χ4v) is 3.61. The molecule has 0 spiro atoms. The van der Waals surface area contributed by atoms with Gasteiger partial charge in [0.05, 0.1) is 31.7 Å². The first kappa shape index (κ1) is 17.1. The molecule has 1 aromatic heterocycles. The summed E-state index contributed by atoms with van der Waals surface area (Å²) in [5.41, 5.74) is 1.19. The van der Waals surface area contributed by atoms with Crippen molar-refractivity contribution in [2.75, 3.05) is 38.0 Å². The number of thiophene rings is 1. The number of nitrogens with one attached hydrogen (secondary N) is 2. The van der Waals surface area contributed by atoms with E-state index in [9.17, 15) is 9.59 Å². The van der Waals surface area contributed by atoms with Crippen LogP contribution in [0, 0.1) is 11.3 Å². The van der Waals surface area contributed by atoms with Crippen LogP contribution in [-0.4, -0.2) is 49.4 Å². The van der Waals surface area contributed by atoms with Gasteiger partial charge in [0.15, 0.2) is 6.54 Å². The van der Waals surface area contributed by atoms with Gasteiger partial charge in [0.25, 0.3) is 11.8 Å². The standard InChI is InChI=1S/C18H18N4O2S/c19-12-15-6-11-25-17(15)20-16(23)13-21-7-9-22(10-8-21)18(24)14-4-2-1-3-5-14/h1-6,11H,7-10,13H2,(H,20,23)/p+1. The van der Waals surface area contributed by atoms with Crippen molar-refractivity contribution < 1.29 is 14.5 Å². The molecule has 0 bridgehead atoms. The van der Waals surface area contributed by atoms with Crippen molar-refractivity contribution >= 4 is 28.2 Å². The van der Waals surface area contributed by atoms with E-state index in [-0.39, 0.29) is 11.8 Å². The highest BCUT2D eigenvalue weighted by Crippen LogP contribution is 2.21. The Balaban J connectivity index is 1.49. The average Bonchev–Trinajstić information content (AvgIpc) is 3.09. The molecule has 2 N–H and O–H groups in total. The molecule has 128 valence electrons. The normalized spacial score (nSPS) is 14.8. The van der Waals surface area contributed by atoms with Crippen LogP contribution in [0.25, 0.3) is 0 Å². The molecular weight excluding hydrogens is 336 g/mol. The average molecular weight is 355 g/mol.